The van der Waals surface area contributed by atoms with Crippen LogP contribution in [0.2, 0.25) is 0 Å². The van der Waals surface area contributed by atoms with Crippen LogP contribution >= 0.6 is 0 Å². The normalized spacial score (nSPS) is 13.5. The van der Waals surface area contributed by atoms with Gasteiger partial charge in [0.1, 0.15) is 13.2 Å². The molecule has 0 saturated carbocycles. The predicted molar refractivity (Wildman–Crippen MR) is 94.9 cm³/mol. The number of ether oxygens (including phenoxy) is 2. The molecule has 24 heavy (non-hydrogen) atoms. The maximum absolute atomic E-state index is 12.9. The van der Waals surface area contributed by atoms with Gasteiger partial charge in [-0.3, -0.25) is 4.79 Å². The molecule has 0 aliphatic carbocycles. The Balaban J connectivity index is 1.85. The van der Waals surface area contributed by atoms with Crippen molar-refractivity contribution in [3.05, 3.63) is 53.6 Å². The Morgan fingerprint density at radius 1 is 1.08 bits per heavy atom. The SMILES string of the molecule is CCc1ccccc1NC(=O)C(C)(C)c1ccc2c(c1)OCCO2. The molecule has 126 valence electrons. The van der Waals surface area contributed by atoms with E-state index in [2.05, 4.69) is 12.2 Å². The van der Waals surface area contributed by atoms with E-state index in [0.29, 0.717) is 19.0 Å². The first kappa shape index (κ1) is 16.4. The van der Waals surface area contributed by atoms with Crippen LogP contribution in [0.4, 0.5) is 5.69 Å². The summed E-state index contributed by atoms with van der Waals surface area (Å²) in [6, 6.07) is 13.6. The zero-order valence-corrected chi connectivity index (χ0v) is 14.4. The second-order valence-corrected chi connectivity index (χ2v) is 6.45. The number of amides is 1. The maximum atomic E-state index is 12.9. The number of fused-ring (bicyclic) bond motifs is 1. The van der Waals surface area contributed by atoms with E-state index in [0.717, 1.165) is 29.0 Å². The summed E-state index contributed by atoms with van der Waals surface area (Å²) in [6.45, 7) is 7.01. The summed E-state index contributed by atoms with van der Waals surface area (Å²) in [6.07, 6.45) is 0.876. The smallest absolute Gasteiger partial charge is 0.234 e. The van der Waals surface area contributed by atoms with Crippen molar-refractivity contribution in [3.63, 3.8) is 0 Å². The van der Waals surface area contributed by atoms with Gasteiger partial charge in [-0.25, -0.2) is 0 Å². The van der Waals surface area contributed by atoms with Gasteiger partial charge in [-0.1, -0.05) is 31.2 Å². The number of benzene rings is 2. The summed E-state index contributed by atoms with van der Waals surface area (Å²) in [5.74, 6) is 1.39. The molecule has 0 unspecified atom stereocenters. The summed E-state index contributed by atoms with van der Waals surface area (Å²) in [5.41, 5.74) is 2.22. The van der Waals surface area contributed by atoms with Gasteiger partial charge in [0.25, 0.3) is 0 Å². The molecule has 0 bridgehead atoms. The van der Waals surface area contributed by atoms with Gasteiger partial charge in [0.15, 0.2) is 11.5 Å². The average Bonchev–Trinajstić information content (AvgIpc) is 2.61. The molecule has 4 heteroatoms. The molecule has 1 aliphatic heterocycles. The van der Waals surface area contributed by atoms with Gasteiger partial charge in [0.2, 0.25) is 5.91 Å². The Labute approximate surface area is 142 Å². The Kier molecular flexibility index (Phi) is 4.47. The summed E-state index contributed by atoms with van der Waals surface area (Å²) in [7, 11) is 0. The average molecular weight is 325 g/mol. The van der Waals surface area contributed by atoms with Crippen LogP contribution in [0.5, 0.6) is 11.5 Å². The highest BCUT2D eigenvalue weighted by Gasteiger charge is 2.31. The topological polar surface area (TPSA) is 47.6 Å². The van der Waals surface area contributed by atoms with Crippen LogP contribution in [0.3, 0.4) is 0 Å². The molecule has 1 aliphatic rings. The van der Waals surface area contributed by atoms with Crippen molar-refractivity contribution in [2.75, 3.05) is 18.5 Å². The Hall–Kier alpha value is -2.49. The van der Waals surface area contributed by atoms with Crippen LogP contribution in [0.15, 0.2) is 42.5 Å². The van der Waals surface area contributed by atoms with Crippen molar-refractivity contribution in [2.24, 2.45) is 0 Å². The summed E-state index contributed by atoms with van der Waals surface area (Å²) in [4.78, 5) is 12.9. The first-order valence-corrected chi connectivity index (χ1v) is 8.32. The fourth-order valence-electron chi connectivity index (χ4n) is 2.79. The van der Waals surface area contributed by atoms with Crippen molar-refractivity contribution in [1.82, 2.24) is 0 Å². The third kappa shape index (κ3) is 3.09. The lowest BCUT2D eigenvalue weighted by atomic mass is 9.83. The fourth-order valence-corrected chi connectivity index (χ4v) is 2.79. The lowest BCUT2D eigenvalue weighted by Gasteiger charge is -2.27. The minimum Gasteiger partial charge on any atom is -0.486 e. The molecule has 3 rings (SSSR count). The monoisotopic (exact) mass is 325 g/mol. The lowest BCUT2D eigenvalue weighted by Crippen LogP contribution is -2.35. The molecule has 0 saturated heterocycles. The zero-order chi connectivity index (χ0) is 17.2. The van der Waals surface area contributed by atoms with Crippen LogP contribution in [-0.4, -0.2) is 19.1 Å². The molecule has 0 aromatic heterocycles. The van der Waals surface area contributed by atoms with E-state index in [9.17, 15) is 4.79 Å². The molecular formula is C20H23NO3. The minimum atomic E-state index is -0.684. The molecule has 2 aromatic rings. The van der Waals surface area contributed by atoms with Crippen LogP contribution in [0.1, 0.15) is 31.9 Å². The van der Waals surface area contributed by atoms with Crippen molar-refractivity contribution >= 4 is 11.6 Å². The minimum absolute atomic E-state index is 0.0416. The number of para-hydroxylation sites is 1. The van der Waals surface area contributed by atoms with Crippen molar-refractivity contribution in [1.29, 1.82) is 0 Å². The van der Waals surface area contributed by atoms with E-state index in [1.54, 1.807) is 0 Å². The van der Waals surface area contributed by atoms with Gasteiger partial charge in [-0.15, -0.1) is 0 Å². The van der Waals surface area contributed by atoms with E-state index in [1.165, 1.54) is 0 Å². The molecule has 2 aromatic carbocycles. The standard InChI is InChI=1S/C20H23NO3/c1-4-14-7-5-6-8-16(14)21-19(22)20(2,3)15-9-10-17-18(13-15)24-12-11-23-17/h5-10,13H,4,11-12H2,1-3H3,(H,21,22). The number of rotatable bonds is 4. The summed E-state index contributed by atoms with van der Waals surface area (Å²) in [5, 5.41) is 3.07. The molecule has 0 fully saturated rings. The van der Waals surface area contributed by atoms with Gasteiger partial charge < -0.3 is 14.8 Å². The van der Waals surface area contributed by atoms with Crippen LogP contribution < -0.4 is 14.8 Å². The van der Waals surface area contributed by atoms with Gasteiger partial charge in [-0.2, -0.15) is 0 Å². The van der Waals surface area contributed by atoms with Gasteiger partial charge in [0, 0.05) is 5.69 Å². The maximum Gasteiger partial charge on any atom is 0.234 e. The summed E-state index contributed by atoms with van der Waals surface area (Å²) < 4.78 is 11.2. The molecule has 1 N–H and O–H groups in total. The Morgan fingerprint density at radius 3 is 2.54 bits per heavy atom. The number of aryl methyl sites for hydroxylation is 1. The van der Waals surface area contributed by atoms with E-state index < -0.39 is 5.41 Å². The molecule has 0 spiro atoms. The second kappa shape index (κ2) is 6.56. The number of anilines is 1. The van der Waals surface area contributed by atoms with E-state index in [-0.39, 0.29) is 5.91 Å². The number of carbonyl (C=O) groups excluding carboxylic acids is 1. The largest absolute Gasteiger partial charge is 0.486 e. The molecular weight excluding hydrogens is 302 g/mol. The third-order valence-electron chi connectivity index (χ3n) is 4.48. The van der Waals surface area contributed by atoms with Crippen LogP contribution in [0.25, 0.3) is 0 Å². The van der Waals surface area contributed by atoms with Crippen molar-refractivity contribution in [2.45, 2.75) is 32.6 Å². The quantitative estimate of drug-likeness (QED) is 0.926. The molecule has 1 heterocycles. The van der Waals surface area contributed by atoms with Gasteiger partial charge in [0.05, 0.1) is 5.41 Å². The predicted octanol–water partition coefficient (Wildman–Crippen LogP) is 3.94. The number of carbonyl (C=O) groups is 1. The van der Waals surface area contributed by atoms with E-state index in [1.807, 2.05) is 56.3 Å². The van der Waals surface area contributed by atoms with E-state index in [4.69, 9.17) is 9.47 Å². The molecule has 4 nitrogen and oxygen atoms in total. The van der Waals surface area contributed by atoms with Crippen LogP contribution in [-0.2, 0) is 16.6 Å². The summed E-state index contributed by atoms with van der Waals surface area (Å²) >= 11 is 0. The fraction of sp³-hybridized carbons (Fsp3) is 0.350. The van der Waals surface area contributed by atoms with Crippen molar-refractivity contribution < 1.29 is 14.3 Å². The zero-order valence-electron chi connectivity index (χ0n) is 14.4. The highest BCUT2D eigenvalue weighted by Crippen LogP contribution is 2.35. The molecule has 1 amide bonds. The lowest BCUT2D eigenvalue weighted by molar-refractivity contribution is -0.120. The Bertz CT molecular complexity index is 752. The van der Waals surface area contributed by atoms with E-state index >= 15 is 0 Å². The molecule has 0 radical (unpaired) electrons. The number of hydrogen-bond donors (Lipinski definition) is 1. The first-order valence-electron chi connectivity index (χ1n) is 8.32. The molecule has 0 atom stereocenters. The Morgan fingerprint density at radius 2 is 1.79 bits per heavy atom. The highest BCUT2D eigenvalue weighted by atomic mass is 16.6. The number of hydrogen-bond acceptors (Lipinski definition) is 3. The highest BCUT2D eigenvalue weighted by molar-refractivity contribution is 5.99. The van der Waals surface area contributed by atoms with Gasteiger partial charge in [-0.05, 0) is 49.6 Å². The third-order valence-corrected chi connectivity index (χ3v) is 4.48. The number of nitrogens with one attached hydrogen (secondary N) is 1. The van der Waals surface area contributed by atoms with Gasteiger partial charge >= 0.3 is 0 Å². The van der Waals surface area contributed by atoms with Crippen molar-refractivity contribution in [3.8, 4) is 11.5 Å². The van der Waals surface area contributed by atoms with Crippen LogP contribution in [0, 0.1) is 0 Å². The second-order valence-electron chi connectivity index (χ2n) is 6.45. The first-order chi connectivity index (χ1) is 11.5.